The molecule has 0 atom stereocenters. The van der Waals surface area contributed by atoms with Crippen molar-refractivity contribution < 1.29 is 4.74 Å². The van der Waals surface area contributed by atoms with E-state index in [1.165, 1.54) is 5.56 Å². The van der Waals surface area contributed by atoms with Gasteiger partial charge in [0.05, 0.1) is 19.8 Å². The minimum Gasteiger partial charge on any atom is -0.375 e. The monoisotopic (exact) mass is 448 g/mol. The first-order valence-corrected chi connectivity index (χ1v) is 8.40. The predicted octanol–water partition coefficient (Wildman–Crippen LogP) is 2.76. The van der Waals surface area contributed by atoms with Crippen LogP contribution in [-0.2, 0) is 11.3 Å². The van der Waals surface area contributed by atoms with Gasteiger partial charge in [-0.05, 0) is 33.3 Å². The van der Waals surface area contributed by atoms with Gasteiger partial charge in [-0.2, -0.15) is 0 Å². The van der Waals surface area contributed by atoms with Crippen molar-refractivity contribution in [1.29, 1.82) is 0 Å². The van der Waals surface area contributed by atoms with E-state index in [4.69, 9.17) is 4.74 Å². The Morgan fingerprint density at radius 3 is 2.42 bits per heavy atom. The van der Waals surface area contributed by atoms with Crippen molar-refractivity contribution in [3.05, 3.63) is 35.9 Å². The number of aliphatic imine (C=N–C) groups is 1. The van der Waals surface area contributed by atoms with Crippen LogP contribution in [0, 0.1) is 0 Å². The van der Waals surface area contributed by atoms with Crippen molar-refractivity contribution in [1.82, 2.24) is 16.0 Å². The summed E-state index contributed by atoms with van der Waals surface area (Å²) >= 11 is 0. The Labute approximate surface area is 164 Å². The van der Waals surface area contributed by atoms with E-state index in [2.05, 4.69) is 60.8 Å². The third-order valence-corrected chi connectivity index (χ3v) is 3.03. The van der Waals surface area contributed by atoms with Crippen LogP contribution in [0.25, 0.3) is 0 Å². The van der Waals surface area contributed by atoms with Crippen molar-refractivity contribution in [3.63, 3.8) is 0 Å². The SMILES string of the molecule is CCNC(=NCCNC(C)(C)C)NCCOCc1ccccc1.I. The fraction of sp³-hybridized carbons (Fsp3) is 0.611. The summed E-state index contributed by atoms with van der Waals surface area (Å²) < 4.78 is 5.66. The zero-order chi connectivity index (χ0) is 17.0. The van der Waals surface area contributed by atoms with Crippen LogP contribution in [0.2, 0.25) is 0 Å². The molecule has 0 aliphatic carbocycles. The molecule has 5 nitrogen and oxygen atoms in total. The standard InChI is InChI=1S/C18H32N4O.HI/c1-5-19-17(20-11-12-22-18(2,3)4)21-13-14-23-15-16-9-7-6-8-10-16;/h6-10,22H,5,11-15H2,1-4H3,(H2,19,20,21);1H. The maximum absolute atomic E-state index is 5.66. The van der Waals surface area contributed by atoms with Gasteiger partial charge in [0, 0.05) is 25.2 Å². The molecular formula is C18H33IN4O. The summed E-state index contributed by atoms with van der Waals surface area (Å²) in [5.41, 5.74) is 1.33. The minimum atomic E-state index is 0. The van der Waals surface area contributed by atoms with Crippen LogP contribution in [0.3, 0.4) is 0 Å². The highest BCUT2D eigenvalue weighted by molar-refractivity contribution is 14.0. The van der Waals surface area contributed by atoms with Gasteiger partial charge >= 0.3 is 0 Å². The van der Waals surface area contributed by atoms with Gasteiger partial charge in [0.2, 0.25) is 0 Å². The first-order chi connectivity index (χ1) is 11.0. The number of guanidine groups is 1. The highest BCUT2D eigenvalue weighted by Crippen LogP contribution is 1.99. The van der Waals surface area contributed by atoms with Gasteiger partial charge in [-0.25, -0.2) is 0 Å². The second kappa shape index (κ2) is 13.4. The lowest BCUT2D eigenvalue weighted by Gasteiger charge is -2.20. The van der Waals surface area contributed by atoms with Gasteiger partial charge in [0.25, 0.3) is 0 Å². The van der Waals surface area contributed by atoms with E-state index in [0.29, 0.717) is 13.2 Å². The van der Waals surface area contributed by atoms with E-state index >= 15 is 0 Å². The van der Waals surface area contributed by atoms with E-state index in [1.54, 1.807) is 0 Å². The molecular weight excluding hydrogens is 415 g/mol. The lowest BCUT2D eigenvalue weighted by molar-refractivity contribution is 0.125. The third kappa shape index (κ3) is 12.5. The molecule has 1 aromatic rings. The highest BCUT2D eigenvalue weighted by atomic mass is 127. The maximum Gasteiger partial charge on any atom is 0.191 e. The largest absolute Gasteiger partial charge is 0.375 e. The van der Waals surface area contributed by atoms with Gasteiger partial charge in [0.1, 0.15) is 0 Å². The molecule has 0 aromatic heterocycles. The zero-order valence-electron chi connectivity index (χ0n) is 15.4. The van der Waals surface area contributed by atoms with Gasteiger partial charge in [0.15, 0.2) is 5.96 Å². The number of hydrogen-bond acceptors (Lipinski definition) is 3. The quantitative estimate of drug-likeness (QED) is 0.235. The molecule has 0 saturated carbocycles. The molecule has 0 unspecified atom stereocenters. The average Bonchev–Trinajstić information content (AvgIpc) is 2.51. The molecule has 0 bridgehead atoms. The molecule has 6 heteroatoms. The molecule has 0 saturated heterocycles. The number of halogens is 1. The molecule has 0 aliphatic rings. The summed E-state index contributed by atoms with van der Waals surface area (Å²) in [5, 5.41) is 9.96. The van der Waals surface area contributed by atoms with Crippen LogP contribution in [-0.4, -0.2) is 44.3 Å². The highest BCUT2D eigenvalue weighted by Gasteiger charge is 2.07. The predicted molar refractivity (Wildman–Crippen MR) is 113 cm³/mol. The third-order valence-electron chi connectivity index (χ3n) is 3.03. The Morgan fingerprint density at radius 2 is 1.79 bits per heavy atom. The molecule has 0 radical (unpaired) electrons. The summed E-state index contributed by atoms with van der Waals surface area (Å²) in [7, 11) is 0. The number of rotatable bonds is 9. The van der Waals surface area contributed by atoms with Crippen LogP contribution in [0.1, 0.15) is 33.3 Å². The number of benzene rings is 1. The smallest absolute Gasteiger partial charge is 0.191 e. The van der Waals surface area contributed by atoms with E-state index in [9.17, 15) is 0 Å². The van der Waals surface area contributed by atoms with E-state index in [-0.39, 0.29) is 29.5 Å². The lowest BCUT2D eigenvalue weighted by Crippen LogP contribution is -2.41. The molecule has 0 spiro atoms. The molecule has 24 heavy (non-hydrogen) atoms. The summed E-state index contributed by atoms with van der Waals surface area (Å²) in [6.07, 6.45) is 0. The summed E-state index contributed by atoms with van der Waals surface area (Å²) in [5.74, 6) is 0.839. The molecule has 138 valence electrons. The fourth-order valence-electron chi connectivity index (χ4n) is 1.95. The van der Waals surface area contributed by atoms with Crippen LogP contribution in [0.5, 0.6) is 0 Å². The van der Waals surface area contributed by atoms with Gasteiger partial charge < -0.3 is 20.7 Å². The fourth-order valence-corrected chi connectivity index (χ4v) is 1.95. The van der Waals surface area contributed by atoms with Crippen molar-refractivity contribution in [3.8, 4) is 0 Å². The van der Waals surface area contributed by atoms with Crippen molar-refractivity contribution >= 4 is 29.9 Å². The van der Waals surface area contributed by atoms with E-state index < -0.39 is 0 Å². The molecule has 0 amide bonds. The first kappa shape index (κ1) is 23.1. The van der Waals surface area contributed by atoms with E-state index in [1.807, 2.05) is 18.2 Å². The van der Waals surface area contributed by atoms with Crippen LogP contribution < -0.4 is 16.0 Å². The molecule has 1 rings (SSSR count). The molecule has 3 N–H and O–H groups in total. The van der Waals surface area contributed by atoms with Crippen molar-refractivity contribution in [2.45, 2.75) is 39.8 Å². The van der Waals surface area contributed by atoms with Crippen molar-refractivity contribution in [2.75, 3.05) is 32.8 Å². The molecule has 1 aromatic carbocycles. The molecule has 0 heterocycles. The Balaban J connectivity index is 0.00000529. The lowest BCUT2D eigenvalue weighted by atomic mass is 10.1. The summed E-state index contributed by atoms with van der Waals surface area (Å²) in [4.78, 5) is 4.55. The molecule has 0 fully saturated rings. The van der Waals surface area contributed by atoms with Gasteiger partial charge in [-0.3, -0.25) is 4.99 Å². The number of hydrogen-bond donors (Lipinski definition) is 3. The molecule has 0 aliphatic heterocycles. The second-order valence-electron chi connectivity index (χ2n) is 6.40. The van der Waals surface area contributed by atoms with Gasteiger partial charge in [-0.15, -0.1) is 24.0 Å². The summed E-state index contributed by atoms with van der Waals surface area (Å²) in [6.45, 7) is 13.0. The Hall–Kier alpha value is -0.860. The Kier molecular flexibility index (Phi) is 13.0. The van der Waals surface area contributed by atoms with Crippen LogP contribution in [0.15, 0.2) is 35.3 Å². The topological polar surface area (TPSA) is 57.7 Å². The van der Waals surface area contributed by atoms with Crippen LogP contribution >= 0.6 is 24.0 Å². The van der Waals surface area contributed by atoms with Gasteiger partial charge in [-0.1, -0.05) is 30.3 Å². The first-order valence-electron chi connectivity index (χ1n) is 8.40. The van der Waals surface area contributed by atoms with Crippen molar-refractivity contribution in [2.24, 2.45) is 4.99 Å². The number of nitrogens with one attached hydrogen (secondary N) is 3. The summed E-state index contributed by atoms with van der Waals surface area (Å²) in [6, 6.07) is 10.2. The Bertz CT molecular complexity index is 446. The average molecular weight is 448 g/mol. The second-order valence-corrected chi connectivity index (χ2v) is 6.40. The number of ether oxygens (including phenoxy) is 1. The maximum atomic E-state index is 5.66. The zero-order valence-corrected chi connectivity index (χ0v) is 17.7. The Morgan fingerprint density at radius 1 is 1.08 bits per heavy atom. The normalized spacial score (nSPS) is 11.8. The van der Waals surface area contributed by atoms with E-state index in [0.717, 1.165) is 32.1 Å². The number of nitrogens with zero attached hydrogens (tertiary/aromatic N) is 1. The van der Waals surface area contributed by atoms with Crippen LogP contribution in [0.4, 0.5) is 0 Å². The minimum absolute atomic E-state index is 0.